The number of rotatable bonds is 2. The van der Waals surface area contributed by atoms with E-state index in [1.807, 2.05) is 39.8 Å². The molecule has 1 saturated heterocycles. The minimum Gasteiger partial charge on any atom is -0.399 e. The van der Waals surface area contributed by atoms with Crippen molar-refractivity contribution in [3.63, 3.8) is 0 Å². The molecule has 2 N–H and O–H groups in total. The molecule has 114 valence electrons. The van der Waals surface area contributed by atoms with Crippen molar-refractivity contribution in [3.05, 3.63) is 29.6 Å². The van der Waals surface area contributed by atoms with Gasteiger partial charge in [-0.05, 0) is 57.6 Å². The lowest BCUT2D eigenvalue weighted by atomic mass is 9.73. The summed E-state index contributed by atoms with van der Waals surface area (Å²) in [5.41, 5.74) is 6.55. The summed E-state index contributed by atoms with van der Waals surface area (Å²) < 4.78 is 26.3. The van der Waals surface area contributed by atoms with Gasteiger partial charge in [0, 0.05) is 12.0 Å². The van der Waals surface area contributed by atoms with Crippen LogP contribution in [0.15, 0.2) is 18.2 Å². The monoisotopic (exact) mass is 291 g/mol. The molecule has 1 aliphatic carbocycles. The van der Waals surface area contributed by atoms with Gasteiger partial charge in [-0.25, -0.2) is 4.39 Å². The second kappa shape index (κ2) is 4.80. The highest BCUT2D eigenvalue weighted by Gasteiger charge is 2.51. The van der Waals surface area contributed by atoms with E-state index >= 15 is 0 Å². The Hall–Kier alpha value is -0.905. The van der Waals surface area contributed by atoms with E-state index in [1.54, 1.807) is 0 Å². The minimum atomic E-state index is -0.520. The molecule has 21 heavy (non-hydrogen) atoms. The fourth-order valence-corrected chi connectivity index (χ4v) is 2.88. The fourth-order valence-electron chi connectivity index (χ4n) is 2.88. The summed E-state index contributed by atoms with van der Waals surface area (Å²) in [5, 5.41) is 0. The van der Waals surface area contributed by atoms with Crippen LogP contribution in [0.25, 0.3) is 0 Å². The lowest BCUT2D eigenvalue weighted by Crippen LogP contribution is -2.41. The summed E-state index contributed by atoms with van der Waals surface area (Å²) >= 11 is 0. The van der Waals surface area contributed by atoms with Gasteiger partial charge in [0.2, 0.25) is 0 Å². The average Bonchev–Trinajstić information content (AvgIpc) is 2.59. The van der Waals surface area contributed by atoms with Crippen molar-refractivity contribution in [1.82, 2.24) is 0 Å². The van der Waals surface area contributed by atoms with Crippen molar-refractivity contribution in [1.29, 1.82) is 0 Å². The molecule has 2 atom stereocenters. The van der Waals surface area contributed by atoms with Gasteiger partial charge in [-0.2, -0.15) is 0 Å². The Bertz CT molecular complexity index is 545. The summed E-state index contributed by atoms with van der Waals surface area (Å²) in [4.78, 5) is 0. The molecular weight excluding hydrogens is 268 g/mol. The van der Waals surface area contributed by atoms with Gasteiger partial charge in [-0.15, -0.1) is 0 Å². The van der Waals surface area contributed by atoms with Crippen LogP contribution in [0, 0.1) is 5.82 Å². The highest BCUT2D eigenvalue weighted by Crippen LogP contribution is 2.38. The van der Waals surface area contributed by atoms with Crippen LogP contribution >= 0.6 is 0 Å². The van der Waals surface area contributed by atoms with Crippen molar-refractivity contribution in [2.75, 3.05) is 0 Å². The van der Waals surface area contributed by atoms with Gasteiger partial charge in [0.05, 0.1) is 11.2 Å². The number of nitrogens with two attached hydrogens (primary N) is 1. The SMILES string of the molecule is CC1(C)OB(c2ccc(C3CCC3N)c(F)c2)OC1(C)C. The van der Waals surface area contributed by atoms with Crippen LogP contribution in [-0.4, -0.2) is 24.4 Å². The van der Waals surface area contributed by atoms with Crippen LogP contribution in [0.5, 0.6) is 0 Å². The van der Waals surface area contributed by atoms with E-state index in [1.165, 1.54) is 6.07 Å². The molecule has 0 aromatic heterocycles. The molecule has 0 bridgehead atoms. The normalized spacial score (nSPS) is 30.3. The van der Waals surface area contributed by atoms with Gasteiger partial charge in [0.25, 0.3) is 0 Å². The van der Waals surface area contributed by atoms with Gasteiger partial charge in [0.1, 0.15) is 5.82 Å². The third-order valence-corrected chi connectivity index (χ3v) is 5.28. The zero-order chi connectivity index (χ0) is 15.4. The summed E-state index contributed by atoms with van der Waals surface area (Å²) in [6.45, 7) is 7.96. The number of halogens is 1. The predicted molar refractivity (Wildman–Crippen MR) is 82.1 cm³/mol. The maximum absolute atomic E-state index is 14.4. The van der Waals surface area contributed by atoms with Crippen LogP contribution in [-0.2, 0) is 9.31 Å². The van der Waals surface area contributed by atoms with Crippen molar-refractivity contribution in [3.8, 4) is 0 Å². The number of benzene rings is 1. The Balaban J connectivity index is 1.83. The Morgan fingerprint density at radius 1 is 1.14 bits per heavy atom. The quantitative estimate of drug-likeness (QED) is 0.851. The average molecular weight is 291 g/mol. The lowest BCUT2D eigenvalue weighted by molar-refractivity contribution is 0.00578. The maximum atomic E-state index is 14.4. The van der Waals surface area contributed by atoms with Gasteiger partial charge in [0.15, 0.2) is 0 Å². The maximum Gasteiger partial charge on any atom is 0.494 e. The summed E-state index contributed by atoms with van der Waals surface area (Å²) in [7, 11) is -0.520. The summed E-state index contributed by atoms with van der Waals surface area (Å²) in [6, 6.07) is 5.34. The fraction of sp³-hybridized carbons (Fsp3) is 0.625. The summed E-state index contributed by atoms with van der Waals surface area (Å²) in [6.07, 6.45) is 1.94. The number of hydrogen-bond donors (Lipinski definition) is 1. The third kappa shape index (κ3) is 2.41. The van der Waals surface area contributed by atoms with Crippen LogP contribution in [0.4, 0.5) is 4.39 Å². The van der Waals surface area contributed by atoms with Crippen molar-refractivity contribution in [2.24, 2.45) is 5.73 Å². The predicted octanol–water partition coefficient (Wildman–Crippen LogP) is 2.33. The molecule has 1 saturated carbocycles. The standard InChI is InChI=1S/C16H23BFNO2/c1-15(2)16(3,4)21-17(20-15)10-5-6-11(13(18)9-10)12-7-8-14(12)19/h5-6,9,12,14H,7-8,19H2,1-4H3. The van der Waals surface area contributed by atoms with Gasteiger partial charge < -0.3 is 15.0 Å². The molecule has 0 amide bonds. The summed E-state index contributed by atoms with van der Waals surface area (Å²) in [5.74, 6) is -0.0558. The van der Waals surface area contributed by atoms with E-state index in [4.69, 9.17) is 15.0 Å². The van der Waals surface area contributed by atoms with E-state index in [2.05, 4.69) is 0 Å². The van der Waals surface area contributed by atoms with Gasteiger partial charge in [-0.1, -0.05) is 12.1 Å². The zero-order valence-electron chi connectivity index (χ0n) is 13.2. The first-order valence-corrected chi connectivity index (χ1v) is 7.62. The van der Waals surface area contributed by atoms with Gasteiger partial charge >= 0.3 is 7.12 Å². The first-order valence-electron chi connectivity index (χ1n) is 7.62. The van der Waals surface area contributed by atoms with Crippen LogP contribution in [0.1, 0.15) is 52.0 Å². The molecule has 2 fully saturated rings. The Labute approximate surface area is 126 Å². The largest absolute Gasteiger partial charge is 0.494 e. The first kappa shape index (κ1) is 15.0. The lowest BCUT2D eigenvalue weighted by Gasteiger charge is -2.34. The zero-order valence-corrected chi connectivity index (χ0v) is 13.2. The van der Waals surface area contributed by atoms with Crippen molar-refractivity contribution >= 4 is 12.6 Å². The van der Waals surface area contributed by atoms with Crippen LogP contribution < -0.4 is 11.2 Å². The minimum absolute atomic E-state index is 0.0854. The molecule has 1 aliphatic heterocycles. The first-order chi connectivity index (χ1) is 9.71. The highest BCUT2D eigenvalue weighted by atomic mass is 19.1. The van der Waals surface area contributed by atoms with E-state index in [9.17, 15) is 4.39 Å². The second-order valence-electron chi connectivity index (χ2n) is 7.22. The Morgan fingerprint density at radius 2 is 1.76 bits per heavy atom. The van der Waals surface area contributed by atoms with E-state index < -0.39 is 18.3 Å². The smallest absolute Gasteiger partial charge is 0.399 e. The molecule has 1 heterocycles. The second-order valence-corrected chi connectivity index (χ2v) is 7.22. The third-order valence-electron chi connectivity index (χ3n) is 5.28. The van der Waals surface area contributed by atoms with Crippen molar-refractivity contribution < 1.29 is 13.7 Å². The molecule has 0 spiro atoms. The molecule has 0 radical (unpaired) electrons. The molecule has 3 nitrogen and oxygen atoms in total. The Morgan fingerprint density at radius 3 is 2.19 bits per heavy atom. The number of hydrogen-bond acceptors (Lipinski definition) is 3. The van der Waals surface area contributed by atoms with E-state index in [0.717, 1.165) is 18.3 Å². The molecule has 2 unspecified atom stereocenters. The van der Waals surface area contributed by atoms with Crippen LogP contribution in [0.2, 0.25) is 0 Å². The molecular formula is C16H23BFNO2. The highest BCUT2D eigenvalue weighted by molar-refractivity contribution is 6.62. The topological polar surface area (TPSA) is 44.5 Å². The van der Waals surface area contributed by atoms with Crippen molar-refractivity contribution in [2.45, 2.75) is 63.7 Å². The van der Waals surface area contributed by atoms with Gasteiger partial charge in [-0.3, -0.25) is 0 Å². The van der Waals surface area contributed by atoms with Crippen LogP contribution in [0.3, 0.4) is 0 Å². The van der Waals surface area contributed by atoms with E-state index in [0.29, 0.717) is 5.56 Å². The molecule has 1 aromatic rings. The molecule has 1 aromatic carbocycles. The Kier molecular flexibility index (Phi) is 3.43. The molecule has 2 aliphatic rings. The van der Waals surface area contributed by atoms with E-state index in [-0.39, 0.29) is 17.8 Å². The molecule has 5 heteroatoms. The molecule has 3 rings (SSSR count).